The molecule has 1 aromatic carbocycles. The zero-order valence-corrected chi connectivity index (χ0v) is 20.4. The van der Waals surface area contributed by atoms with Crippen LogP contribution in [0.5, 0.6) is 5.88 Å². The van der Waals surface area contributed by atoms with Gasteiger partial charge in [0.2, 0.25) is 11.3 Å². The molecule has 1 aliphatic rings. The molecular formula is C27H24N6O4. The molecule has 0 aliphatic carbocycles. The molecule has 0 radical (unpaired) electrons. The molecule has 1 aliphatic heterocycles. The number of nitrogens with zero attached hydrogens (tertiary/aromatic N) is 6. The minimum Gasteiger partial charge on any atom is -0.477 e. The average molecular weight is 497 g/mol. The van der Waals surface area contributed by atoms with E-state index in [1.54, 1.807) is 35.2 Å². The van der Waals surface area contributed by atoms with Crippen molar-refractivity contribution in [2.75, 3.05) is 32.1 Å². The second-order valence-corrected chi connectivity index (χ2v) is 9.02. The molecule has 0 bridgehead atoms. The van der Waals surface area contributed by atoms with Gasteiger partial charge in [-0.3, -0.25) is 9.78 Å². The monoisotopic (exact) mass is 496 g/mol. The van der Waals surface area contributed by atoms with E-state index in [1.807, 2.05) is 36.0 Å². The van der Waals surface area contributed by atoms with Gasteiger partial charge in [0.15, 0.2) is 0 Å². The molecule has 0 saturated carbocycles. The standard InChI is InChI=1S/C27H24N6O4/c1-31(2)8-9-37-25-6-5-19(13-30-25)33-15-21(27(35)36)26(34)20-10-18(12-28)23(11-24(20)33)32-14-17-4-3-7-29-22(17)16-32/h3-7,10-11,13,15H,8-9,14,16H2,1-2H3,(H,35,36). The molecule has 4 aromatic rings. The van der Waals surface area contributed by atoms with Crippen LogP contribution in [-0.4, -0.2) is 57.8 Å². The average Bonchev–Trinajstić information content (AvgIpc) is 3.33. The SMILES string of the molecule is CN(C)CCOc1ccc(-n2cc(C(=O)O)c(=O)c3cc(C#N)c(N4Cc5cccnc5C4)cc32)cn1. The second kappa shape index (κ2) is 9.72. The molecule has 10 nitrogen and oxygen atoms in total. The van der Waals surface area contributed by atoms with Gasteiger partial charge in [-0.1, -0.05) is 6.07 Å². The van der Waals surface area contributed by atoms with Crippen LogP contribution in [0.15, 0.2) is 59.8 Å². The number of carboxylic acid groups (broad SMARTS) is 1. The quantitative estimate of drug-likeness (QED) is 0.411. The van der Waals surface area contributed by atoms with Crippen LogP contribution < -0.4 is 15.1 Å². The Morgan fingerprint density at radius 3 is 2.73 bits per heavy atom. The second-order valence-electron chi connectivity index (χ2n) is 9.02. The van der Waals surface area contributed by atoms with E-state index < -0.39 is 17.0 Å². The number of likely N-dealkylation sites (N-methyl/N-ethyl adjacent to an activating group) is 1. The predicted molar refractivity (Wildman–Crippen MR) is 137 cm³/mol. The van der Waals surface area contributed by atoms with Gasteiger partial charge in [-0.25, -0.2) is 9.78 Å². The summed E-state index contributed by atoms with van der Waals surface area (Å²) < 4.78 is 7.28. The molecule has 10 heteroatoms. The third-order valence-electron chi connectivity index (χ3n) is 6.29. The van der Waals surface area contributed by atoms with E-state index >= 15 is 0 Å². The van der Waals surface area contributed by atoms with Gasteiger partial charge in [-0.05, 0) is 43.9 Å². The fourth-order valence-corrected chi connectivity index (χ4v) is 4.38. The first-order valence-corrected chi connectivity index (χ1v) is 11.6. The molecule has 1 N–H and O–H groups in total. The topological polar surface area (TPSA) is 125 Å². The lowest BCUT2D eigenvalue weighted by Crippen LogP contribution is -2.21. The summed E-state index contributed by atoms with van der Waals surface area (Å²) in [6, 6.07) is 12.7. The van der Waals surface area contributed by atoms with Gasteiger partial charge >= 0.3 is 5.97 Å². The summed E-state index contributed by atoms with van der Waals surface area (Å²) in [5.41, 5.74) is 2.90. The molecular weight excluding hydrogens is 472 g/mol. The predicted octanol–water partition coefficient (Wildman–Crippen LogP) is 2.81. The van der Waals surface area contributed by atoms with Gasteiger partial charge in [0.25, 0.3) is 0 Å². The number of anilines is 1. The van der Waals surface area contributed by atoms with Crippen LogP contribution in [-0.2, 0) is 13.1 Å². The van der Waals surface area contributed by atoms with Gasteiger partial charge in [0.1, 0.15) is 18.2 Å². The fraction of sp³-hybridized carbons (Fsp3) is 0.222. The molecule has 0 atom stereocenters. The summed E-state index contributed by atoms with van der Waals surface area (Å²) in [6.45, 7) is 2.29. The zero-order chi connectivity index (χ0) is 26.1. The summed E-state index contributed by atoms with van der Waals surface area (Å²) >= 11 is 0. The van der Waals surface area contributed by atoms with Gasteiger partial charge in [-0.15, -0.1) is 0 Å². The number of carbonyl (C=O) groups is 1. The van der Waals surface area contributed by atoms with Gasteiger partial charge in [0, 0.05) is 36.9 Å². The van der Waals surface area contributed by atoms with E-state index in [1.165, 1.54) is 12.3 Å². The summed E-state index contributed by atoms with van der Waals surface area (Å²) in [7, 11) is 3.90. The molecule has 0 spiro atoms. The van der Waals surface area contributed by atoms with Crippen molar-refractivity contribution in [3.63, 3.8) is 0 Å². The summed E-state index contributed by atoms with van der Waals surface area (Å²) in [5, 5.41) is 19.7. The molecule has 0 fully saturated rings. The summed E-state index contributed by atoms with van der Waals surface area (Å²) in [6.07, 6.45) is 4.60. The number of hydrogen-bond donors (Lipinski definition) is 1. The number of fused-ring (bicyclic) bond motifs is 2. The molecule has 4 heterocycles. The van der Waals surface area contributed by atoms with Crippen molar-refractivity contribution in [3.05, 3.63) is 87.6 Å². The number of nitriles is 1. The van der Waals surface area contributed by atoms with Crippen molar-refractivity contribution in [1.82, 2.24) is 19.4 Å². The van der Waals surface area contributed by atoms with Crippen molar-refractivity contribution in [1.29, 1.82) is 5.26 Å². The Hall–Kier alpha value is -4.75. The molecule has 5 rings (SSSR count). The van der Waals surface area contributed by atoms with Gasteiger partial charge < -0.3 is 24.2 Å². The third-order valence-corrected chi connectivity index (χ3v) is 6.29. The van der Waals surface area contributed by atoms with E-state index in [2.05, 4.69) is 16.0 Å². The van der Waals surface area contributed by atoms with Crippen LogP contribution in [0.25, 0.3) is 16.6 Å². The Bertz CT molecular complexity index is 1580. The number of pyridine rings is 3. The van der Waals surface area contributed by atoms with Gasteiger partial charge in [-0.2, -0.15) is 5.26 Å². The lowest BCUT2D eigenvalue weighted by atomic mass is 10.1. The molecule has 0 saturated heterocycles. The summed E-state index contributed by atoms with van der Waals surface area (Å²) in [5.74, 6) is -0.912. The smallest absolute Gasteiger partial charge is 0.341 e. The first kappa shape index (κ1) is 24.0. The molecule has 0 amide bonds. The highest BCUT2D eigenvalue weighted by Gasteiger charge is 2.24. The van der Waals surface area contributed by atoms with Crippen molar-refractivity contribution in [2.45, 2.75) is 13.1 Å². The van der Waals surface area contributed by atoms with E-state index in [0.717, 1.165) is 17.8 Å². The van der Waals surface area contributed by atoms with E-state index in [4.69, 9.17) is 4.74 Å². The van der Waals surface area contributed by atoms with Crippen LogP contribution in [0.4, 0.5) is 5.69 Å². The summed E-state index contributed by atoms with van der Waals surface area (Å²) in [4.78, 5) is 37.8. The van der Waals surface area contributed by atoms with E-state index in [0.29, 0.717) is 42.5 Å². The van der Waals surface area contributed by atoms with Crippen LogP contribution in [0.1, 0.15) is 27.2 Å². The number of rotatable bonds is 7. The van der Waals surface area contributed by atoms with E-state index in [-0.39, 0.29) is 10.9 Å². The maximum absolute atomic E-state index is 13.1. The molecule has 3 aromatic heterocycles. The first-order chi connectivity index (χ1) is 17.9. The van der Waals surface area contributed by atoms with Crippen LogP contribution >= 0.6 is 0 Å². The van der Waals surface area contributed by atoms with Gasteiger partial charge in [0.05, 0.1) is 40.9 Å². The maximum atomic E-state index is 13.1. The molecule has 37 heavy (non-hydrogen) atoms. The van der Waals surface area contributed by atoms with E-state index in [9.17, 15) is 20.0 Å². The number of aromatic carboxylic acids is 1. The lowest BCUT2D eigenvalue weighted by Gasteiger charge is -2.21. The number of ether oxygens (including phenoxy) is 1. The molecule has 0 unspecified atom stereocenters. The van der Waals surface area contributed by atoms with Crippen molar-refractivity contribution in [2.24, 2.45) is 0 Å². The molecule has 186 valence electrons. The van der Waals surface area contributed by atoms with Crippen LogP contribution in [0.3, 0.4) is 0 Å². The maximum Gasteiger partial charge on any atom is 0.341 e. The van der Waals surface area contributed by atoms with Crippen molar-refractivity contribution >= 4 is 22.6 Å². The fourth-order valence-electron chi connectivity index (χ4n) is 4.38. The van der Waals surface area contributed by atoms with Crippen molar-refractivity contribution < 1.29 is 14.6 Å². The Morgan fingerprint density at radius 1 is 1.22 bits per heavy atom. The minimum absolute atomic E-state index is 0.140. The highest BCUT2D eigenvalue weighted by molar-refractivity contribution is 5.95. The Morgan fingerprint density at radius 2 is 2.05 bits per heavy atom. The zero-order valence-electron chi connectivity index (χ0n) is 20.4. The lowest BCUT2D eigenvalue weighted by molar-refractivity contribution is 0.0695. The third kappa shape index (κ3) is 4.60. The number of benzene rings is 1. The number of aromatic nitrogens is 3. The number of carboxylic acids is 1. The van der Waals surface area contributed by atoms with Crippen LogP contribution in [0.2, 0.25) is 0 Å². The number of hydrogen-bond acceptors (Lipinski definition) is 8. The Balaban J connectivity index is 1.62. The minimum atomic E-state index is -1.35. The normalized spacial score (nSPS) is 12.5. The van der Waals surface area contributed by atoms with Crippen molar-refractivity contribution in [3.8, 4) is 17.6 Å². The highest BCUT2D eigenvalue weighted by atomic mass is 16.5. The largest absolute Gasteiger partial charge is 0.477 e. The first-order valence-electron chi connectivity index (χ1n) is 11.6. The van der Waals surface area contributed by atoms with Crippen LogP contribution in [0, 0.1) is 11.3 Å². The Kier molecular flexibility index (Phi) is 6.29. The highest BCUT2D eigenvalue weighted by Crippen LogP contribution is 2.33. The Labute approximate surface area is 212 Å².